The number of hydrogen-bond acceptors (Lipinski definition) is 7. The summed E-state index contributed by atoms with van der Waals surface area (Å²) in [6.45, 7) is 5.34. The summed E-state index contributed by atoms with van der Waals surface area (Å²) in [7, 11) is -3.82. The second kappa shape index (κ2) is 11.0. The Morgan fingerprint density at radius 3 is 2.37 bits per heavy atom. The molecule has 3 aromatic rings. The topological polar surface area (TPSA) is 98.7 Å². The first-order chi connectivity index (χ1) is 18.2. The van der Waals surface area contributed by atoms with Crippen molar-refractivity contribution in [3.8, 4) is 0 Å². The minimum absolute atomic E-state index is 0.0883. The molecule has 1 amide bonds. The largest absolute Gasteiger partial charge is 0.368 e. The summed E-state index contributed by atoms with van der Waals surface area (Å²) in [6, 6.07) is 15.2. The Hall–Kier alpha value is -3.08. The number of sulfonamides is 1. The monoisotopic (exact) mass is 574 g/mol. The number of halogens is 2. The van der Waals surface area contributed by atoms with E-state index in [1.54, 1.807) is 24.3 Å². The second-order valence-corrected chi connectivity index (χ2v) is 11.9. The van der Waals surface area contributed by atoms with Gasteiger partial charge in [0.2, 0.25) is 5.91 Å². The summed E-state index contributed by atoms with van der Waals surface area (Å²) < 4.78 is 27.8. The van der Waals surface area contributed by atoms with E-state index in [4.69, 9.17) is 23.2 Å². The molecule has 2 aromatic carbocycles. The molecule has 0 unspecified atom stereocenters. The SMILES string of the molecule is C[C@@H](C(=O)N1CCN(c2ccc(S(=O)(=O)Nc3ccc(Cl)nn3)cc2)CC1)N1CCCc2cc(Cl)ccc21. The third-order valence-electron chi connectivity index (χ3n) is 7.00. The number of carbonyl (C=O) groups excluding carboxylic acids is 1. The fraction of sp³-hybridized carbons (Fsp3) is 0.346. The van der Waals surface area contributed by atoms with Crippen LogP contribution >= 0.6 is 23.2 Å². The van der Waals surface area contributed by atoms with Gasteiger partial charge in [0.05, 0.1) is 4.90 Å². The van der Waals surface area contributed by atoms with Crippen molar-refractivity contribution in [1.29, 1.82) is 0 Å². The lowest BCUT2D eigenvalue weighted by Crippen LogP contribution is -2.55. The van der Waals surface area contributed by atoms with E-state index in [1.165, 1.54) is 17.7 Å². The highest BCUT2D eigenvalue weighted by atomic mass is 35.5. The van der Waals surface area contributed by atoms with Crippen LogP contribution in [0.3, 0.4) is 0 Å². The lowest BCUT2D eigenvalue weighted by Gasteiger charge is -2.41. The first-order valence-corrected chi connectivity index (χ1v) is 14.7. The number of aryl methyl sites for hydroxylation is 1. The molecule has 1 saturated heterocycles. The summed E-state index contributed by atoms with van der Waals surface area (Å²) in [4.78, 5) is 19.8. The van der Waals surface area contributed by atoms with Gasteiger partial charge in [-0.15, -0.1) is 10.2 Å². The number of piperazine rings is 1. The molecule has 0 spiro atoms. The third-order valence-corrected chi connectivity index (χ3v) is 8.80. The van der Waals surface area contributed by atoms with E-state index in [0.717, 1.165) is 35.8 Å². The zero-order valence-electron chi connectivity index (χ0n) is 20.8. The van der Waals surface area contributed by atoms with Gasteiger partial charge in [0.15, 0.2) is 11.0 Å². The molecule has 1 N–H and O–H groups in total. The first-order valence-electron chi connectivity index (χ1n) is 12.4. The molecule has 1 fully saturated rings. The molecule has 0 radical (unpaired) electrons. The maximum atomic E-state index is 13.4. The number of carbonyl (C=O) groups is 1. The number of nitrogens with one attached hydrogen (secondary N) is 1. The van der Waals surface area contributed by atoms with Gasteiger partial charge >= 0.3 is 0 Å². The van der Waals surface area contributed by atoms with Gasteiger partial charge in [0, 0.05) is 49.1 Å². The normalized spacial score (nSPS) is 16.7. The standard InChI is InChI=1S/C26H28Cl2N6O3S/c1-18(34-12-2-3-19-17-20(27)4-9-23(19)34)26(35)33-15-13-32(14-16-33)21-5-7-22(8-6-21)38(36,37)31-25-11-10-24(28)29-30-25/h4-11,17-18H,2-3,12-16H2,1H3,(H,30,31)/t18-/m0/s1. The highest BCUT2D eigenvalue weighted by Crippen LogP contribution is 2.31. The fourth-order valence-electron chi connectivity index (χ4n) is 4.98. The fourth-order valence-corrected chi connectivity index (χ4v) is 6.27. The van der Waals surface area contributed by atoms with E-state index in [9.17, 15) is 13.2 Å². The van der Waals surface area contributed by atoms with Crippen molar-refractivity contribution < 1.29 is 13.2 Å². The Balaban J connectivity index is 1.19. The van der Waals surface area contributed by atoms with E-state index in [2.05, 4.69) is 24.7 Å². The summed E-state index contributed by atoms with van der Waals surface area (Å²) in [5, 5.41) is 8.28. The van der Waals surface area contributed by atoms with Crippen molar-refractivity contribution in [1.82, 2.24) is 15.1 Å². The van der Waals surface area contributed by atoms with Gasteiger partial charge in [-0.3, -0.25) is 9.52 Å². The minimum atomic E-state index is -3.82. The van der Waals surface area contributed by atoms with Crippen LogP contribution < -0.4 is 14.5 Å². The molecule has 3 heterocycles. The molecule has 200 valence electrons. The Labute approximate surface area is 232 Å². The Bertz CT molecular complexity index is 1410. The first kappa shape index (κ1) is 26.5. The molecule has 5 rings (SSSR count). The van der Waals surface area contributed by atoms with Crippen LogP contribution in [-0.2, 0) is 21.2 Å². The Morgan fingerprint density at radius 1 is 0.947 bits per heavy atom. The number of nitrogens with zero attached hydrogens (tertiary/aromatic N) is 5. The molecular formula is C26H28Cl2N6O3S. The van der Waals surface area contributed by atoms with Crippen LogP contribution in [0.2, 0.25) is 10.2 Å². The molecule has 2 aliphatic rings. The summed E-state index contributed by atoms with van der Waals surface area (Å²) in [5.74, 6) is 0.204. The van der Waals surface area contributed by atoms with E-state index in [0.29, 0.717) is 26.2 Å². The van der Waals surface area contributed by atoms with Gasteiger partial charge in [-0.05, 0) is 79.9 Å². The lowest BCUT2D eigenvalue weighted by atomic mass is 10.00. The molecule has 0 bridgehead atoms. The molecular weight excluding hydrogens is 547 g/mol. The third kappa shape index (κ3) is 5.67. The molecule has 9 nitrogen and oxygen atoms in total. The highest BCUT2D eigenvalue weighted by Gasteiger charge is 2.31. The Kier molecular flexibility index (Phi) is 7.65. The molecule has 0 aliphatic carbocycles. The number of hydrogen-bond donors (Lipinski definition) is 1. The molecule has 0 saturated carbocycles. The van der Waals surface area contributed by atoms with Crippen molar-refractivity contribution >= 4 is 56.3 Å². The van der Waals surface area contributed by atoms with Crippen molar-refractivity contribution in [2.24, 2.45) is 0 Å². The van der Waals surface area contributed by atoms with Crippen molar-refractivity contribution in [3.63, 3.8) is 0 Å². The number of fused-ring (bicyclic) bond motifs is 1. The number of benzene rings is 2. The maximum absolute atomic E-state index is 13.4. The van der Waals surface area contributed by atoms with E-state index < -0.39 is 10.0 Å². The number of amides is 1. The molecule has 1 aromatic heterocycles. The van der Waals surface area contributed by atoms with Crippen LogP contribution in [0.15, 0.2) is 59.5 Å². The zero-order chi connectivity index (χ0) is 26.9. The van der Waals surface area contributed by atoms with Crippen LogP contribution in [0, 0.1) is 0 Å². The van der Waals surface area contributed by atoms with Crippen molar-refractivity contribution in [2.45, 2.75) is 30.7 Å². The molecule has 1 atom stereocenters. The van der Waals surface area contributed by atoms with Gasteiger partial charge in [0.1, 0.15) is 6.04 Å². The molecule has 2 aliphatic heterocycles. The lowest BCUT2D eigenvalue weighted by molar-refractivity contribution is -0.132. The van der Waals surface area contributed by atoms with E-state index >= 15 is 0 Å². The zero-order valence-corrected chi connectivity index (χ0v) is 23.2. The average molecular weight is 576 g/mol. The van der Waals surface area contributed by atoms with Crippen molar-refractivity contribution in [2.75, 3.05) is 47.2 Å². The average Bonchev–Trinajstić information content (AvgIpc) is 2.93. The number of rotatable bonds is 6. The van der Waals surface area contributed by atoms with Gasteiger partial charge in [-0.1, -0.05) is 23.2 Å². The summed E-state index contributed by atoms with van der Waals surface area (Å²) >= 11 is 11.9. The minimum Gasteiger partial charge on any atom is -0.368 e. The predicted molar refractivity (Wildman–Crippen MR) is 150 cm³/mol. The molecule has 12 heteroatoms. The van der Waals surface area contributed by atoms with Gasteiger partial charge in [-0.2, -0.15) is 0 Å². The van der Waals surface area contributed by atoms with Crippen LogP contribution in [0.4, 0.5) is 17.2 Å². The smallest absolute Gasteiger partial charge is 0.263 e. The number of anilines is 3. The Morgan fingerprint density at radius 2 is 1.68 bits per heavy atom. The van der Waals surface area contributed by atoms with Gasteiger partial charge in [-0.25, -0.2) is 8.42 Å². The number of aromatic nitrogens is 2. The highest BCUT2D eigenvalue weighted by molar-refractivity contribution is 7.92. The molecule has 38 heavy (non-hydrogen) atoms. The van der Waals surface area contributed by atoms with Gasteiger partial charge in [0.25, 0.3) is 10.0 Å². The second-order valence-electron chi connectivity index (χ2n) is 9.40. The summed E-state index contributed by atoms with van der Waals surface area (Å²) in [5.41, 5.74) is 3.18. The van der Waals surface area contributed by atoms with E-state index in [-0.39, 0.29) is 27.8 Å². The summed E-state index contributed by atoms with van der Waals surface area (Å²) in [6.07, 6.45) is 1.96. The van der Waals surface area contributed by atoms with E-state index in [1.807, 2.05) is 30.0 Å². The van der Waals surface area contributed by atoms with Gasteiger partial charge < -0.3 is 14.7 Å². The van der Waals surface area contributed by atoms with Crippen LogP contribution in [-0.4, -0.2) is 68.2 Å². The van der Waals surface area contributed by atoms with Crippen LogP contribution in [0.5, 0.6) is 0 Å². The van der Waals surface area contributed by atoms with Crippen LogP contribution in [0.25, 0.3) is 0 Å². The predicted octanol–water partition coefficient (Wildman–Crippen LogP) is 4.07. The quantitative estimate of drug-likeness (QED) is 0.473. The maximum Gasteiger partial charge on any atom is 0.263 e. The van der Waals surface area contributed by atoms with Crippen LogP contribution in [0.1, 0.15) is 18.9 Å². The van der Waals surface area contributed by atoms with Crippen molar-refractivity contribution in [3.05, 3.63) is 70.3 Å².